The molecule has 1 atom stereocenters. The van der Waals surface area contributed by atoms with Gasteiger partial charge in [-0.25, -0.2) is 9.97 Å². The fourth-order valence-electron chi connectivity index (χ4n) is 0.904. The molecule has 0 radical (unpaired) electrons. The number of aryl methyl sites for hydroxylation is 1. The lowest BCUT2D eigenvalue weighted by molar-refractivity contribution is 0.900. The molecule has 0 aromatic carbocycles. The van der Waals surface area contributed by atoms with Crippen molar-refractivity contribution < 1.29 is 0 Å². The van der Waals surface area contributed by atoms with E-state index >= 15 is 0 Å². The molecule has 0 spiro atoms. The van der Waals surface area contributed by atoms with Crippen LogP contribution in [0.4, 0.5) is 5.95 Å². The molecule has 0 amide bonds. The van der Waals surface area contributed by atoms with E-state index in [2.05, 4.69) is 16.0 Å². The van der Waals surface area contributed by atoms with Gasteiger partial charge in [-0.05, 0) is 19.9 Å². The lowest BCUT2D eigenvalue weighted by Gasteiger charge is -2.03. The second-order valence-corrected chi connectivity index (χ2v) is 2.64. The molecule has 1 unspecified atom stereocenters. The van der Waals surface area contributed by atoms with E-state index in [1.807, 2.05) is 6.92 Å². The Kier molecular flexibility index (Phi) is 2.24. The zero-order valence-corrected chi connectivity index (χ0v) is 7.07. The number of rotatable bonds is 1. The molecule has 0 bridgehead atoms. The van der Waals surface area contributed by atoms with Crippen molar-refractivity contribution in [1.82, 2.24) is 9.97 Å². The smallest absolute Gasteiger partial charge is 0.220 e. The SMILES string of the molecule is Cc1cc(C(C)C#N)nc(N)n1. The Morgan fingerprint density at radius 3 is 2.75 bits per heavy atom. The highest BCUT2D eigenvalue weighted by Gasteiger charge is 2.06. The molecule has 1 heterocycles. The number of nitrogens with zero attached hydrogens (tertiary/aromatic N) is 3. The number of anilines is 1. The minimum absolute atomic E-state index is 0.228. The van der Waals surface area contributed by atoms with Crippen molar-refractivity contribution in [1.29, 1.82) is 5.26 Å². The fourth-order valence-corrected chi connectivity index (χ4v) is 0.904. The summed E-state index contributed by atoms with van der Waals surface area (Å²) in [4.78, 5) is 7.86. The molecule has 2 N–H and O–H groups in total. The minimum atomic E-state index is -0.228. The van der Waals surface area contributed by atoms with Crippen LogP contribution in [0.5, 0.6) is 0 Å². The number of nitriles is 1. The predicted molar refractivity (Wildman–Crippen MR) is 45.2 cm³/mol. The second-order valence-electron chi connectivity index (χ2n) is 2.64. The minimum Gasteiger partial charge on any atom is -0.368 e. The van der Waals surface area contributed by atoms with E-state index in [-0.39, 0.29) is 11.9 Å². The van der Waals surface area contributed by atoms with E-state index in [0.717, 1.165) is 5.69 Å². The van der Waals surface area contributed by atoms with Crippen molar-refractivity contribution in [2.45, 2.75) is 19.8 Å². The average Bonchev–Trinajstić information content (AvgIpc) is 2.01. The van der Waals surface area contributed by atoms with Gasteiger partial charge in [0.1, 0.15) is 0 Å². The van der Waals surface area contributed by atoms with Gasteiger partial charge in [-0.2, -0.15) is 5.26 Å². The van der Waals surface area contributed by atoms with Crippen LogP contribution in [0.2, 0.25) is 0 Å². The van der Waals surface area contributed by atoms with Gasteiger partial charge in [-0.1, -0.05) is 0 Å². The van der Waals surface area contributed by atoms with E-state index in [4.69, 9.17) is 11.0 Å². The van der Waals surface area contributed by atoms with Crippen LogP contribution in [0.25, 0.3) is 0 Å². The molecule has 62 valence electrons. The lowest BCUT2D eigenvalue weighted by Crippen LogP contribution is -2.02. The first-order chi connectivity index (χ1) is 5.63. The van der Waals surface area contributed by atoms with Crippen molar-refractivity contribution in [3.63, 3.8) is 0 Å². The number of nitrogen functional groups attached to an aromatic ring is 1. The van der Waals surface area contributed by atoms with Gasteiger partial charge in [-0.15, -0.1) is 0 Å². The first-order valence-corrected chi connectivity index (χ1v) is 3.64. The molecule has 4 nitrogen and oxygen atoms in total. The van der Waals surface area contributed by atoms with Gasteiger partial charge in [-0.3, -0.25) is 0 Å². The Morgan fingerprint density at radius 1 is 1.58 bits per heavy atom. The number of hydrogen-bond acceptors (Lipinski definition) is 4. The quantitative estimate of drug-likeness (QED) is 0.668. The van der Waals surface area contributed by atoms with Crippen LogP contribution in [-0.4, -0.2) is 9.97 Å². The maximum Gasteiger partial charge on any atom is 0.220 e. The molecule has 0 saturated heterocycles. The van der Waals surface area contributed by atoms with E-state index in [0.29, 0.717) is 5.69 Å². The Labute approximate surface area is 71.1 Å². The van der Waals surface area contributed by atoms with Gasteiger partial charge in [0.05, 0.1) is 17.7 Å². The van der Waals surface area contributed by atoms with E-state index in [1.54, 1.807) is 13.0 Å². The first-order valence-electron chi connectivity index (χ1n) is 3.64. The van der Waals surface area contributed by atoms with Crippen LogP contribution in [0, 0.1) is 18.3 Å². The third kappa shape index (κ3) is 1.70. The molecule has 0 aliphatic carbocycles. The Hall–Kier alpha value is -1.63. The second kappa shape index (κ2) is 3.18. The van der Waals surface area contributed by atoms with Gasteiger partial charge in [0.25, 0.3) is 0 Å². The summed E-state index contributed by atoms with van der Waals surface area (Å²) in [6.07, 6.45) is 0. The third-order valence-electron chi connectivity index (χ3n) is 1.53. The van der Waals surface area contributed by atoms with E-state index in [1.165, 1.54) is 0 Å². The van der Waals surface area contributed by atoms with Crippen molar-refractivity contribution in [2.24, 2.45) is 0 Å². The summed E-state index contributed by atoms with van der Waals surface area (Å²) in [7, 11) is 0. The third-order valence-corrected chi connectivity index (χ3v) is 1.53. The average molecular weight is 162 g/mol. The van der Waals surface area contributed by atoms with Crippen molar-refractivity contribution in [3.8, 4) is 6.07 Å². The van der Waals surface area contributed by atoms with Crippen LogP contribution < -0.4 is 5.73 Å². The normalized spacial score (nSPS) is 12.1. The zero-order valence-electron chi connectivity index (χ0n) is 7.07. The summed E-state index contributed by atoms with van der Waals surface area (Å²) in [6, 6.07) is 3.86. The molecule has 0 saturated carbocycles. The summed E-state index contributed by atoms with van der Waals surface area (Å²) >= 11 is 0. The van der Waals surface area contributed by atoms with Crippen molar-refractivity contribution in [3.05, 3.63) is 17.5 Å². The molecule has 1 aromatic rings. The lowest BCUT2D eigenvalue weighted by atomic mass is 10.1. The highest BCUT2D eigenvalue weighted by atomic mass is 15.0. The van der Waals surface area contributed by atoms with Crippen LogP contribution in [-0.2, 0) is 0 Å². The Bertz CT molecular complexity index is 306. The van der Waals surface area contributed by atoms with Crippen LogP contribution in [0.3, 0.4) is 0 Å². The molecule has 1 rings (SSSR count). The summed E-state index contributed by atoms with van der Waals surface area (Å²) in [5, 5.41) is 8.62. The highest BCUT2D eigenvalue weighted by Crippen LogP contribution is 2.12. The molecule has 12 heavy (non-hydrogen) atoms. The largest absolute Gasteiger partial charge is 0.368 e. The highest BCUT2D eigenvalue weighted by molar-refractivity contribution is 5.26. The van der Waals surface area contributed by atoms with Crippen molar-refractivity contribution in [2.75, 3.05) is 5.73 Å². The Balaban J connectivity index is 3.10. The molecule has 0 aliphatic heterocycles. The molecule has 0 fully saturated rings. The number of aromatic nitrogens is 2. The van der Waals surface area contributed by atoms with Gasteiger partial charge < -0.3 is 5.73 Å². The standard InChI is InChI=1S/C8H10N4/c1-5(4-9)7-3-6(2)11-8(10)12-7/h3,5H,1-2H3,(H2,10,11,12). The van der Waals surface area contributed by atoms with Crippen LogP contribution in [0.1, 0.15) is 24.2 Å². The van der Waals surface area contributed by atoms with Crippen LogP contribution in [0.15, 0.2) is 6.07 Å². The van der Waals surface area contributed by atoms with Gasteiger partial charge in [0.2, 0.25) is 5.95 Å². The van der Waals surface area contributed by atoms with Gasteiger partial charge in [0, 0.05) is 5.69 Å². The first kappa shape index (κ1) is 8.47. The number of hydrogen-bond donors (Lipinski definition) is 1. The van der Waals surface area contributed by atoms with Gasteiger partial charge in [0.15, 0.2) is 0 Å². The van der Waals surface area contributed by atoms with E-state index in [9.17, 15) is 0 Å². The van der Waals surface area contributed by atoms with E-state index < -0.39 is 0 Å². The molecule has 1 aromatic heterocycles. The maximum atomic E-state index is 8.62. The maximum absolute atomic E-state index is 8.62. The van der Waals surface area contributed by atoms with Crippen LogP contribution >= 0.6 is 0 Å². The summed E-state index contributed by atoms with van der Waals surface area (Å²) in [6.45, 7) is 3.60. The number of nitrogens with two attached hydrogens (primary N) is 1. The zero-order chi connectivity index (χ0) is 9.14. The molecular weight excluding hydrogens is 152 g/mol. The molecular formula is C8H10N4. The predicted octanol–water partition coefficient (Wildman–Crippen LogP) is 0.994. The summed E-state index contributed by atoms with van der Waals surface area (Å²) < 4.78 is 0. The fraction of sp³-hybridized carbons (Fsp3) is 0.375. The molecule has 0 aliphatic rings. The summed E-state index contributed by atoms with van der Waals surface area (Å²) in [5.74, 6) is 0.00102. The van der Waals surface area contributed by atoms with Crippen molar-refractivity contribution >= 4 is 5.95 Å². The molecule has 4 heteroatoms. The Morgan fingerprint density at radius 2 is 2.25 bits per heavy atom. The summed E-state index contributed by atoms with van der Waals surface area (Å²) in [5.41, 5.74) is 6.89. The monoisotopic (exact) mass is 162 g/mol. The topological polar surface area (TPSA) is 75.6 Å². The van der Waals surface area contributed by atoms with Gasteiger partial charge >= 0.3 is 0 Å².